The molecule has 1 unspecified atom stereocenters. The quantitative estimate of drug-likeness (QED) is 0.916. The summed E-state index contributed by atoms with van der Waals surface area (Å²) in [6.07, 6.45) is 4.16. The van der Waals surface area contributed by atoms with Gasteiger partial charge in [0.15, 0.2) is 0 Å². The molecule has 4 heteroatoms. The van der Waals surface area contributed by atoms with Gasteiger partial charge in [-0.05, 0) is 49.4 Å². The number of nitrogens with zero attached hydrogens (tertiary/aromatic N) is 1. The van der Waals surface area contributed by atoms with Crippen molar-refractivity contribution in [2.75, 3.05) is 7.05 Å². The fourth-order valence-corrected chi connectivity index (χ4v) is 2.08. The number of nitrogens with one attached hydrogen (secondary N) is 1. The normalized spacial score (nSPS) is 12.4. The Hall–Kier alpha value is -1.45. The number of aromatic nitrogens is 1. The second kappa shape index (κ2) is 5.94. The Morgan fingerprint density at radius 2 is 2.00 bits per heavy atom. The number of likely N-dealkylation sites (N-methyl/N-ethyl adjacent to an activating group) is 1. The molecule has 0 aliphatic carbocycles. The number of benzene rings is 1. The minimum absolute atomic E-state index is 0.105. The summed E-state index contributed by atoms with van der Waals surface area (Å²) in [7, 11) is 1.81. The Morgan fingerprint density at radius 3 is 2.67 bits per heavy atom. The first-order chi connectivity index (χ1) is 8.70. The summed E-state index contributed by atoms with van der Waals surface area (Å²) in [4.78, 5) is 3.97. The topological polar surface area (TPSA) is 24.9 Å². The van der Waals surface area contributed by atoms with Gasteiger partial charge >= 0.3 is 0 Å². The lowest BCUT2D eigenvalue weighted by molar-refractivity contribution is 0.534. The Balaban J connectivity index is 2.26. The van der Waals surface area contributed by atoms with E-state index in [0.717, 1.165) is 5.56 Å². The summed E-state index contributed by atoms with van der Waals surface area (Å²) in [5.74, 6) is -0.243. The van der Waals surface area contributed by atoms with Crippen molar-refractivity contribution in [3.63, 3.8) is 0 Å². The van der Waals surface area contributed by atoms with Crippen molar-refractivity contribution in [1.82, 2.24) is 10.3 Å². The van der Waals surface area contributed by atoms with Crippen molar-refractivity contribution >= 4 is 11.6 Å². The maximum Gasteiger partial charge on any atom is 0.128 e. The molecular formula is C14H14ClFN2. The second-order valence-corrected chi connectivity index (χ2v) is 4.50. The first-order valence-electron chi connectivity index (χ1n) is 5.72. The first kappa shape index (κ1) is 13.0. The average Bonchev–Trinajstić information content (AvgIpc) is 2.40. The summed E-state index contributed by atoms with van der Waals surface area (Å²) >= 11 is 5.92. The average molecular weight is 265 g/mol. The van der Waals surface area contributed by atoms with Crippen LogP contribution in [0.4, 0.5) is 4.39 Å². The lowest BCUT2D eigenvalue weighted by atomic mass is 9.99. The molecule has 1 atom stereocenters. The molecule has 0 aliphatic rings. The Morgan fingerprint density at radius 1 is 1.28 bits per heavy atom. The van der Waals surface area contributed by atoms with E-state index >= 15 is 0 Å². The van der Waals surface area contributed by atoms with Crippen LogP contribution in [-0.4, -0.2) is 12.0 Å². The molecule has 18 heavy (non-hydrogen) atoms. The summed E-state index contributed by atoms with van der Waals surface area (Å²) in [5, 5.41) is 3.66. The third-order valence-corrected chi connectivity index (χ3v) is 3.11. The standard InChI is InChI=1S/C14H14ClFN2/c1-17-14(8-10-4-6-18-7-5-10)12-9-11(15)2-3-13(12)16/h2-7,9,14,17H,8H2,1H3. The third kappa shape index (κ3) is 3.06. The molecule has 2 aromatic rings. The van der Waals surface area contributed by atoms with Crippen LogP contribution in [-0.2, 0) is 6.42 Å². The molecule has 2 nitrogen and oxygen atoms in total. The molecule has 0 amide bonds. The zero-order chi connectivity index (χ0) is 13.0. The summed E-state index contributed by atoms with van der Waals surface area (Å²) in [6.45, 7) is 0. The van der Waals surface area contributed by atoms with E-state index in [1.54, 1.807) is 24.5 Å². The van der Waals surface area contributed by atoms with Crippen LogP contribution < -0.4 is 5.32 Å². The Bertz CT molecular complexity index is 516. The van der Waals surface area contributed by atoms with Gasteiger partial charge in [-0.3, -0.25) is 4.98 Å². The highest BCUT2D eigenvalue weighted by atomic mass is 35.5. The van der Waals surface area contributed by atoms with Gasteiger partial charge in [0.25, 0.3) is 0 Å². The summed E-state index contributed by atoms with van der Waals surface area (Å²) < 4.78 is 13.8. The number of hydrogen-bond acceptors (Lipinski definition) is 2. The van der Waals surface area contributed by atoms with E-state index in [1.807, 2.05) is 19.2 Å². The van der Waals surface area contributed by atoms with Crippen LogP contribution in [0.5, 0.6) is 0 Å². The van der Waals surface area contributed by atoms with E-state index in [0.29, 0.717) is 17.0 Å². The van der Waals surface area contributed by atoms with Crippen molar-refractivity contribution in [2.45, 2.75) is 12.5 Å². The number of halogens is 2. The fourth-order valence-electron chi connectivity index (χ4n) is 1.90. The fraction of sp³-hybridized carbons (Fsp3) is 0.214. The highest BCUT2D eigenvalue weighted by Crippen LogP contribution is 2.24. The van der Waals surface area contributed by atoms with Gasteiger partial charge in [-0.2, -0.15) is 0 Å². The molecule has 1 aromatic heterocycles. The van der Waals surface area contributed by atoms with Gasteiger partial charge in [0, 0.05) is 29.0 Å². The van der Waals surface area contributed by atoms with Crippen LogP contribution >= 0.6 is 11.6 Å². The van der Waals surface area contributed by atoms with Crippen LogP contribution in [0.3, 0.4) is 0 Å². The first-order valence-corrected chi connectivity index (χ1v) is 6.09. The maximum absolute atomic E-state index is 13.8. The smallest absolute Gasteiger partial charge is 0.128 e. The van der Waals surface area contributed by atoms with Gasteiger partial charge < -0.3 is 5.32 Å². The molecule has 0 saturated carbocycles. The second-order valence-electron chi connectivity index (χ2n) is 4.07. The van der Waals surface area contributed by atoms with E-state index in [-0.39, 0.29) is 11.9 Å². The molecule has 0 saturated heterocycles. The molecule has 1 heterocycles. The van der Waals surface area contributed by atoms with Gasteiger partial charge in [-0.25, -0.2) is 4.39 Å². The Kier molecular flexibility index (Phi) is 4.28. The molecule has 94 valence electrons. The number of pyridine rings is 1. The molecule has 1 aromatic carbocycles. The summed E-state index contributed by atoms with van der Waals surface area (Å²) in [6, 6.07) is 8.36. The minimum atomic E-state index is -0.243. The van der Waals surface area contributed by atoms with Crippen molar-refractivity contribution in [3.05, 3.63) is 64.7 Å². The van der Waals surface area contributed by atoms with E-state index in [1.165, 1.54) is 6.07 Å². The zero-order valence-electron chi connectivity index (χ0n) is 10.0. The van der Waals surface area contributed by atoms with Crippen molar-refractivity contribution in [3.8, 4) is 0 Å². The molecule has 0 spiro atoms. The lowest BCUT2D eigenvalue weighted by Crippen LogP contribution is -2.20. The molecular weight excluding hydrogens is 251 g/mol. The maximum atomic E-state index is 13.8. The van der Waals surface area contributed by atoms with Gasteiger partial charge in [0.05, 0.1) is 0 Å². The third-order valence-electron chi connectivity index (χ3n) is 2.87. The van der Waals surface area contributed by atoms with Gasteiger partial charge in [-0.1, -0.05) is 11.6 Å². The Labute approximate surface area is 111 Å². The van der Waals surface area contributed by atoms with Gasteiger partial charge in [-0.15, -0.1) is 0 Å². The predicted octanol–water partition coefficient (Wildman–Crippen LogP) is 3.38. The van der Waals surface area contributed by atoms with Gasteiger partial charge in [0.2, 0.25) is 0 Å². The van der Waals surface area contributed by atoms with Crippen LogP contribution in [0.15, 0.2) is 42.7 Å². The van der Waals surface area contributed by atoms with Gasteiger partial charge in [0.1, 0.15) is 5.82 Å². The highest BCUT2D eigenvalue weighted by Gasteiger charge is 2.15. The van der Waals surface area contributed by atoms with Crippen molar-refractivity contribution in [2.24, 2.45) is 0 Å². The molecule has 0 aliphatic heterocycles. The zero-order valence-corrected chi connectivity index (χ0v) is 10.8. The van der Waals surface area contributed by atoms with Crippen LogP contribution in [0.25, 0.3) is 0 Å². The summed E-state index contributed by atoms with van der Waals surface area (Å²) in [5.41, 5.74) is 1.69. The molecule has 0 fully saturated rings. The predicted molar refractivity (Wildman–Crippen MR) is 71.2 cm³/mol. The SMILES string of the molecule is CNC(Cc1ccncc1)c1cc(Cl)ccc1F. The van der Waals surface area contributed by atoms with Crippen molar-refractivity contribution in [1.29, 1.82) is 0 Å². The van der Waals surface area contributed by atoms with Crippen molar-refractivity contribution < 1.29 is 4.39 Å². The molecule has 0 bridgehead atoms. The number of rotatable bonds is 4. The largest absolute Gasteiger partial charge is 0.313 e. The van der Waals surface area contributed by atoms with Crippen LogP contribution in [0.2, 0.25) is 5.02 Å². The van der Waals surface area contributed by atoms with E-state index in [9.17, 15) is 4.39 Å². The minimum Gasteiger partial charge on any atom is -0.313 e. The van der Waals surface area contributed by atoms with Crippen LogP contribution in [0.1, 0.15) is 17.2 Å². The molecule has 0 radical (unpaired) electrons. The lowest BCUT2D eigenvalue weighted by Gasteiger charge is -2.17. The van der Waals surface area contributed by atoms with E-state index < -0.39 is 0 Å². The van der Waals surface area contributed by atoms with E-state index in [2.05, 4.69) is 10.3 Å². The van der Waals surface area contributed by atoms with Crippen LogP contribution in [0, 0.1) is 5.82 Å². The molecule has 2 rings (SSSR count). The molecule has 1 N–H and O–H groups in total. The number of hydrogen-bond donors (Lipinski definition) is 1. The highest BCUT2D eigenvalue weighted by molar-refractivity contribution is 6.30. The van der Waals surface area contributed by atoms with E-state index in [4.69, 9.17) is 11.6 Å². The monoisotopic (exact) mass is 264 g/mol.